The Hall–Kier alpha value is -2.11. The van der Waals surface area contributed by atoms with Gasteiger partial charge in [-0.1, -0.05) is 0 Å². The molecule has 88 valence electrons. The molecule has 0 bridgehead atoms. The van der Waals surface area contributed by atoms with Gasteiger partial charge >= 0.3 is 12.1 Å². The molecule has 0 unspecified atom stereocenters. The molecule has 0 saturated heterocycles. The molecule has 0 atom stereocenters. The standard InChI is InChI=1S/C11H10N2O4/c12-10(15)17-7-2-1-6-8(13-7)11(3-4-11)5-16-9(6)14/h1-2H,3-5H2,(H2,12,15). The van der Waals surface area contributed by atoms with Crippen LogP contribution in [0.2, 0.25) is 0 Å². The number of fused-ring (bicyclic) bond motifs is 2. The average molecular weight is 234 g/mol. The zero-order valence-electron chi connectivity index (χ0n) is 8.93. The van der Waals surface area contributed by atoms with Crippen LogP contribution in [0.3, 0.4) is 0 Å². The van der Waals surface area contributed by atoms with E-state index >= 15 is 0 Å². The number of carbonyl (C=O) groups is 2. The number of cyclic esters (lactones) is 1. The Kier molecular flexibility index (Phi) is 1.89. The van der Waals surface area contributed by atoms with Gasteiger partial charge in [0, 0.05) is 11.5 Å². The molecular formula is C11H10N2O4. The summed E-state index contributed by atoms with van der Waals surface area (Å²) >= 11 is 0. The summed E-state index contributed by atoms with van der Waals surface area (Å²) < 4.78 is 9.80. The van der Waals surface area contributed by atoms with Gasteiger partial charge in [0.15, 0.2) is 0 Å². The van der Waals surface area contributed by atoms with E-state index in [2.05, 4.69) is 4.98 Å². The molecule has 1 aliphatic carbocycles. The van der Waals surface area contributed by atoms with Gasteiger partial charge < -0.3 is 15.2 Å². The highest BCUT2D eigenvalue weighted by atomic mass is 16.6. The molecule has 2 heterocycles. The predicted molar refractivity (Wildman–Crippen MR) is 55.6 cm³/mol. The van der Waals surface area contributed by atoms with Crippen LogP contribution in [-0.2, 0) is 10.2 Å². The molecule has 1 saturated carbocycles. The van der Waals surface area contributed by atoms with Crippen molar-refractivity contribution in [2.24, 2.45) is 5.73 Å². The van der Waals surface area contributed by atoms with Crippen LogP contribution in [0.5, 0.6) is 5.88 Å². The summed E-state index contributed by atoms with van der Waals surface area (Å²) in [6.45, 7) is 0.353. The molecule has 6 nitrogen and oxygen atoms in total. The highest BCUT2D eigenvalue weighted by Gasteiger charge is 2.52. The third kappa shape index (κ3) is 1.52. The summed E-state index contributed by atoms with van der Waals surface area (Å²) in [6, 6.07) is 2.99. The first kappa shape index (κ1) is 10.1. The zero-order chi connectivity index (χ0) is 12.0. The lowest BCUT2D eigenvalue weighted by molar-refractivity contribution is 0.0417. The van der Waals surface area contributed by atoms with Gasteiger partial charge in [-0.15, -0.1) is 0 Å². The molecule has 1 amide bonds. The number of hydrogen-bond acceptors (Lipinski definition) is 5. The summed E-state index contributed by atoms with van der Waals surface area (Å²) in [4.78, 5) is 26.4. The van der Waals surface area contributed by atoms with E-state index < -0.39 is 6.09 Å². The van der Waals surface area contributed by atoms with Crippen LogP contribution in [0.25, 0.3) is 0 Å². The molecule has 3 rings (SSSR count). The molecule has 1 aromatic rings. The summed E-state index contributed by atoms with van der Waals surface area (Å²) in [5.41, 5.74) is 5.86. The summed E-state index contributed by atoms with van der Waals surface area (Å²) in [5.74, 6) is -0.257. The number of rotatable bonds is 1. The molecule has 17 heavy (non-hydrogen) atoms. The predicted octanol–water partition coefficient (Wildman–Crippen LogP) is 0.741. The van der Waals surface area contributed by atoms with Crippen molar-refractivity contribution in [1.29, 1.82) is 0 Å². The number of esters is 1. The van der Waals surface area contributed by atoms with Gasteiger partial charge in [0.05, 0.1) is 11.3 Å². The van der Waals surface area contributed by atoms with Gasteiger partial charge in [0.25, 0.3) is 0 Å². The van der Waals surface area contributed by atoms with Crippen LogP contribution in [0.4, 0.5) is 4.79 Å². The molecule has 1 aromatic heterocycles. The minimum Gasteiger partial charge on any atom is -0.461 e. The molecule has 2 aliphatic rings. The first-order valence-electron chi connectivity index (χ1n) is 5.27. The maximum atomic E-state index is 11.5. The number of pyridine rings is 1. The Balaban J connectivity index is 2.05. The minimum absolute atomic E-state index is 0.122. The molecule has 1 spiro atoms. The van der Waals surface area contributed by atoms with Gasteiger partial charge in [0.1, 0.15) is 6.61 Å². The highest BCUT2D eigenvalue weighted by Crippen LogP contribution is 2.51. The molecule has 0 aromatic carbocycles. The third-order valence-corrected chi connectivity index (χ3v) is 3.13. The van der Waals surface area contributed by atoms with Crippen LogP contribution in [0.1, 0.15) is 28.9 Å². The molecule has 1 fully saturated rings. The topological polar surface area (TPSA) is 91.5 Å². The van der Waals surface area contributed by atoms with Crippen LogP contribution < -0.4 is 10.5 Å². The Morgan fingerprint density at radius 2 is 2.24 bits per heavy atom. The third-order valence-electron chi connectivity index (χ3n) is 3.13. The van der Waals surface area contributed by atoms with Crippen molar-refractivity contribution in [2.45, 2.75) is 18.3 Å². The van der Waals surface area contributed by atoms with Gasteiger partial charge in [-0.3, -0.25) is 0 Å². The number of amides is 1. The lowest BCUT2D eigenvalue weighted by Gasteiger charge is -2.23. The number of nitrogens with two attached hydrogens (primary N) is 1. The van der Waals surface area contributed by atoms with Crippen molar-refractivity contribution >= 4 is 12.1 Å². The number of carbonyl (C=O) groups excluding carboxylic acids is 2. The van der Waals surface area contributed by atoms with Gasteiger partial charge in [-0.25, -0.2) is 14.6 Å². The second kappa shape index (κ2) is 3.19. The normalized spacial score (nSPS) is 19.4. The largest absolute Gasteiger partial charge is 0.461 e. The van der Waals surface area contributed by atoms with E-state index in [0.717, 1.165) is 12.8 Å². The molecule has 1 aliphatic heterocycles. The quantitative estimate of drug-likeness (QED) is 0.723. The van der Waals surface area contributed by atoms with Crippen molar-refractivity contribution in [2.75, 3.05) is 6.61 Å². The average Bonchev–Trinajstić information content (AvgIpc) is 3.04. The number of primary amides is 1. The lowest BCUT2D eigenvalue weighted by atomic mass is 9.95. The summed E-state index contributed by atoms with van der Waals surface area (Å²) in [7, 11) is 0. The van der Waals surface area contributed by atoms with Crippen molar-refractivity contribution in [1.82, 2.24) is 4.98 Å². The first-order valence-corrected chi connectivity index (χ1v) is 5.27. The van der Waals surface area contributed by atoms with Crippen LogP contribution in [0, 0.1) is 0 Å². The van der Waals surface area contributed by atoms with E-state index in [-0.39, 0.29) is 17.3 Å². The first-order chi connectivity index (χ1) is 8.11. The molecule has 0 radical (unpaired) electrons. The fourth-order valence-electron chi connectivity index (χ4n) is 2.05. The van der Waals surface area contributed by atoms with Crippen LogP contribution in [0.15, 0.2) is 12.1 Å². The van der Waals surface area contributed by atoms with E-state index in [9.17, 15) is 9.59 Å². The van der Waals surface area contributed by atoms with Crippen LogP contribution in [-0.4, -0.2) is 23.7 Å². The Labute approximate surface area is 96.7 Å². The highest BCUT2D eigenvalue weighted by molar-refractivity contribution is 5.92. The fraction of sp³-hybridized carbons (Fsp3) is 0.364. The van der Waals surface area contributed by atoms with E-state index in [1.165, 1.54) is 6.07 Å². The molecular weight excluding hydrogens is 224 g/mol. The number of hydrogen-bond donors (Lipinski definition) is 1. The molecule has 6 heteroatoms. The smallest absolute Gasteiger partial charge is 0.411 e. The van der Waals surface area contributed by atoms with E-state index in [4.69, 9.17) is 15.2 Å². The maximum Gasteiger partial charge on any atom is 0.411 e. The van der Waals surface area contributed by atoms with Crippen molar-refractivity contribution < 1.29 is 19.1 Å². The van der Waals surface area contributed by atoms with Gasteiger partial charge in [0.2, 0.25) is 5.88 Å². The fourth-order valence-corrected chi connectivity index (χ4v) is 2.05. The number of aromatic nitrogens is 1. The lowest BCUT2D eigenvalue weighted by Crippen LogP contribution is -2.29. The van der Waals surface area contributed by atoms with E-state index in [0.29, 0.717) is 17.9 Å². The number of nitrogens with zero attached hydrogens (tertiary/aromatic N) is 1. The Morgan fingerprint density at radius 1 is 1.47 bits per heavy atom. The second-order valence-electron chi connectivity index (χ2n) is 4.32. The summed E-state index contributed by atoms with van der Waals surface area (Å²) in [6.07, 6.45) is 0.946. The van der Waals surface area contributed by atoms with Crippen molar-refractivity contribution in [3.63, 3.8) is 0 Å². The monoisotopic (exact) mass is 234 g/mol. The molecule has 2 N–H and O–H groups in total. The summed E-state index contributed by atoms with van der Waals surface area (Å²) in [5, 5.41) is 0. The Bertz CT molecular complexity index is 522. The SMILES string of the molecule is NC(=O)Oc1ccc2c(n1)C1(CC1)COC2=O. The van der Waals surface area contributed by atoms with Crippen molar-refractivity contribution in [3.8, 4) is 5.88 Å². The Morgan fingerprint density at radius 3 is 2.88 bits per heavy atom. The van der Waals surface area contributed by atoms with Crippen molar-refractivity contribution in [3.05, 3.63) is 23.4 Å². The maximum absolute atomic E-state index is 11.5. The van der Waals surface area contributed by atoms with E-state index in [1.807, 2.05) is 0 Å². The van der Waals surface area contributed by atoms with E-state index in [1.54, 1.807) is 6.07 Å². The van der Waals surface area contributed by atoms with Crippen LogP contribution >= 0.6 is 0 Å². The van der Waals surface area contributed by atoms with Gasteiger partial charge in [-0.2, -0.15) is 0 Å². The second-order valence-corrected chi connectivity index (χ2v) is 4.32. The van der Waals surface area contributed by atoms with Gasteiger partial charge in [-0.05, 0) is 18.9 Å². The minimum atomic E-state index is -0.916. The zero-order valence-corrected chi connectivity index (χ0v) is 8.93. The number of ether oxygens (including phenoxy) is 2.